The second-order valence-electron chi connectivity index (χ2n) is 7.86. The summed E-state index contributed by atoms with van der Waals surface area (Å²) >= 11 is 0. The lowest BCUT2D eigenvalue weighted by Gasteiger charge is -2.43. The number of anilines is 1. The molecule has 0 aliphatic carbocycles. The first-order valence-corrected chi connectivity index (χ1v) is 10.1. The minimum atomic E-state index is 0.0972. The van der Waals surface area contributed by atoms with Crippen LogP contribution in [0, 0.1) is 0 Å². The van der Waals surface area contributed by atoms with Crippen LogP contribution in [0.25, 0.3) is 0 Å². The largest absolute Gasteiger partial charge is 0.381 e. The molecule has 1 aromatic carbocycles. The summed E-state index contributed by atoms with van der Waals surface area (Å²) in [5.74, 6) is 0. The minimum Gasteiger partial charge on any atom is -0.381 e. The van der Waals surface area contributed by atoms with E-state index in [0.717, 1.165) is 58.6 Å². The van der Waals surface area contributed by atoms with Gasteiger partial charge in [-0.2, -0.15) is 0 Å². The molecule has 0 aromatic heterocycles. The minimum absolute atomic E-state index is 0.0972. The number of benzene rings is 1. The summed E-state index contributed by atoms with van der Waals surface area (Å²) in [5.41, 5.74) is 3.08. The van der Waals surface area contributed by atoms with Crippen molar-refractivity contribution in [2.45, 2.75) is 56.6 Å². The highest BCUT2D eigenvalue weighted by atomic mass is 16.5. The average Bonchev–Trinajstić information content (AvgIpc) is 2.66. The van der Waals surface area contributed by atoms with Crippen molar-refractivity contribution >= 4 is 5.69 Å². The van der Waals surface area contributed by atoms with Crippen molar-refractivity contribution in [3.8, 4) is 0 Å². The Bertz CT molecular complexity index is 551. The average molecular weight is 344 g/mol. The molecule has 1 spiro atoms. The van der Waals surface area contributed by atoms with E-state index in [4.69, 9.17) is 9.47 Å². The van der Waals surface area contributed by atoms with Crippen molar-refractivity contribution in [2.75, 3.05) is 44.4 Å². The molecule has 3 aliphatic heterocycles. The number of aryl methyl sites for hydroxylation is 1. The topological polar surface area (TPSA) is 33.7 Å². The second-order valence-corrected chi connectivity index (χ2v) is 7.86. The van der Waals surface area contributed by atoms with Crippen LogP contribution in [0.2, 0.25) is 0 Å². The molecule has 0 amide bonds. The third-order valence-electron chi connectivity index (χ3n) is 6.14. The Morgan fingerprint density at radius 3 is 2.96 bits per heavy atom. The van der Waals surface area contributed by atoms with Crippen molar-refractivity contribution < 1.29 is 9.47 Å². The molecule has 25 heavy (non-hydrogen) atoms. The number of fused-ring (bicyclic) bond motifs is 1. The third-order valence-corrected chi connectivity index (χ3v) is 6.14. The third kappa shape index (κ3) is 4.18. The number of ether oxygens (including phenoxy) is 2. The van der Waals surface area contributed by atoms with Gasteiger partial charge in [-0.05, 0) is 63.1 Å². The Kier molecular flexibility index (Phi) is 5.59. The normalized spacial score (nSPS) is 25.8. The van der Waals surface area contributed by atoms with E-state index in [1.807, 2.05) is 0 Å². The highest BCUT2D eigenvalue weighted by Crippen LogP contribution is 2.34. The first-order valence-electron chi connectivity index (χ1n) is 10.1. The van der Waals surface area contributed by atoms with E-state index in [9.17, 15) is 0 Å². The Labute approximate surface area is 151 Å². The van der Waals surface area contributed by atoms with Gasteiger partial charge in [0, 0.05) is 44.6 Å². The van der Waals surface area contributed by atoms with Gasteiger partial charge in [0.15, 0.2) is 0 Å². The van der Waals surface area contributed by atoms with Gasteiger partial charge in [-0.15, -0.1) is 0 Å². The number of para-hydroxylation sites is 1. The van der Waals surface area contributed by atoms with Gasteiger partial charge in [-0.1, -0.05) is 18.2 Å². The number of rotatable bonds is 5. The smallest absolute Gasteiger partial charge is 0.0741 e. The van der Waals surface area contributed by atoms with Crippen molar-refractivity contribution in [1.82, 2.24) is 5.32 Å². The SMILES string of the molecule is c1ccc2c(c1)CCCN2CCCNC1CCOC2(CCOCC2)C1. The van der Waals surface area contributed by atoms with Crippen LogP contribution in [-0.4, -0.2) is 51.1 Å². The van der Waals surface area contributed by atoms with E-state index >= 15 is 0 Å². The number of nitrogens with zero attached hydrogens (tertiary/aromatic N) is 1. The Hall–Kier alpha value is -1.10. The monoisotopic (exact) mass is 344 g/mol. The van der Waals surface area contributed by atoms with Gasteiger partial charge in [-0.25, -0.2) is 0 Å². The quantitative estimate of drug-likeness (QED) is 0.832. The molecule has 1 atom stereocenters. The molecule has 1 aromatic rings. The van der Waals surface area contributed by atoms with Gasteiger partial charge in [0.25, 0.3) is 0 Å². The Morgan fingerprint density at radius 1 is 1.16 bits per heavy atom. The molecule has 2 saturated heterocycles. The molecule has 3 aliphatic rings. The van der Waals surface area contributed by atoms with Crippen LogP contribution in [0.1, 0.15) is 44.1 Å². The van der Waals surface area contributed by atoms with Crippen molar-refractivity contribution in [1.29, 1.82) is 0 Å². The van der Waals surface area contributed by atoms with Gasteiger partial charge in [0.1, 0.15) is 0 Å². The van der Waals surface area contributed by atoms with E-state index in [0.29, 0.717) is 6.04 Å². The number of hydrogen-bond acceptors (Lipinski definition) is 4. The first-order chi connectivity index (χ1) is 12.3. The van der Waals surface area contributed by atoms with Gasteiger partial charge in [-0.3, -0.25) is 0 Å². The van der Waals surface area contributed by atoms with Crippen LogP contribution in [-0.2, 0) is 15.9 Å². The zero-order valence-corrected chi connectivity index (χ0v) is 15.3. The molecule has 138 valence electrons. The van der Waals surface area contributed by atoms with Crippen LogP contribution in [0.5, 0.6) is 0 Å². The van der Waals surface area contributed by atoms with E-state index in [-0.39, 0.29) is 5.60 Å². The van der Waals surface area contributed by atoms with E-state index < -0.39 is 0 Å². The highest BCUT2D eigenvalue weighted by molar-refractivity contribution is 5.55. The summed E-state index contributed by atoms with van der Waals surface area (Å²) in [6, 6.07) is 9.52. The predicted molar refractivity (Wildman–Crippen MR) is 101 cm³/mol. The zero-order chi connectivity index (χ0) is 17.0. The van der Waals surface area contributed by atoms with Gasteiger partial charge in [0.05, 0.1) is 5.60 Å². The zero-order valence-electron chi connectivity index (χ0n) is 15.3. The highest BCUT2D eigenvalue weighted by Gasteiger charge is 2.38. The molecule has 1 unspecified atom stereocenters. The summed E-state index contributed by atoms with van der Waals surface area (Å²) in [4.78, 5) is 2.57. The summed E-state index contributed by atoms with van der Waals surface area (Å²) in [6.45, 7) is 6.10. The fraction of sp³-hybridized carbons (Fsp3) is 0.714. The maximum atomic E-state index is 6.15. The predicted octanol–water partition coefficient (Wildman–Crippen LogP) is 3.15. The molecular formula is C21H32N2O2. The molecular weight excluding hydrogens is 312 g/mol. The summed E-state index contributed by atoms with van der Waals surface area (Å²) in [5, 5.41) is 3.81. The van der Waals surface area contributed by atoms with Crippen molar-refractivity contribution in [3.63, 3.8) is 0 Å². The maximum Gasteiger partial charge on any atom is 0.0741 e. The second kappa shape index (κ2) is 8.07. The van der Waals surface area contributed by atoms with Crippen LogP contribution in [0.3, 0.4) is 0 Å². The van der Waals surface area contributed by atoms with E-state index in [2.05, 4.69) is 34.5 Å². The Balaban J connectivity index is 1.22. The molecule has 4 rings (SSSR count). The molecule has 2 fully saturated rings. The van der Waals surface area contributed by atoms with Gasteiger partial charge < -0.3 is 19.7 Å². The van der Waals surface area contributed by atoms with Crippen molar-refractivity contribution in [3.05, 3.63) is 29.8 Å². The van der Waals surface area contributed by atoms with Crippen LogP contribution in [0.15, 0.2) is 24.3 Å². The lowest BCUT2D eigenvalue weighted by molar-refractivity contribution is -0.140. The summed E-state index contributed by atoms with van der Waals surface area (Å²) in [6.07, 6.45) is 8.17. The van der Waals surface area contributed by atoms with Gasteiger partial charge in [0.2, 0.25) is 0 Å². The van der Waals surface area contributed by atoms with E-state index in [1.165, 1.54) is 37.1 Å². The molecule has 0 saturated carbocycles. The lowest BCUT2D eigenvalue weighted by atomic mass is 9.84. The van der Waals surface area contributed by atoms with E-state index in [1.54, 1.807) is 0 Å². The number of nitrogens with one attached hydrogen (secondary N) is 1. The van der Waals surface area contributed by atoms with Crippen LogP contribution >= 0.6 is 0 Å². The molecule has 4 nitrogen and oxygen atoms in total. The van der Waals surface area contributed by atoms with Crippen LogP contribution < -0.4 is 10.2 Å². The Morgan fingerprint density at radius 2 is 2.04 bits per heavy atom. The summed E-state index contributed by atoms with van der Waals surface area (Å²) < 4.78 is 11.7. The standard InChI is InChI=1S/C21H32N2O2/c1-2-7-20-18(5-1)6-3-12-23(20)13-4-11-22-19-8-14-25-21(17-19)9-15-24-16-10-21/h1-2,5,7,19,22H,3-4,6,8-17H2. The lowest BCUT2D eigenvalue weighted by Crippen LogP contribution is -2.50. The molecule has 1 N–H and O–H groups in total. The molecule has 0 radical (unpaired) electrons. The maximum absolute atomic E-state index is 6.15. The fourth-order valence-corrected chi connectivity index (χ4v) is 4.71. The van der Waals surface area contributed by atoms with Gasteiger partial charge >= 0.3 is 0 Å². The van der Waals surface area contributed by atoms with Crippen molar-refractivity contribution in [2.24, 2.45) is 0 Å². The number of hydrogen-bond donors (Lipinski definition) is 1. The molecule has 0 bridgehead atoms. The molecule has 3 heterocycles. The molecule has 4 heteroatoms. The van der Waals surface area contributed by atoms with Crippen LogP contribution in [0.4, 0.5) is 5.69 Å². The first kappa shape index (κ1) is 17.3. The summed E-state index contributed by atoms with van der Waals surface area (Å²) in [7, 11) is 0. The fourth-order valence-electron chi connectivity index (χ4n) is 4.71.